The van der Waals surface area contributed by atoms with Crippen molar-refractivity contribution in [2.45, 2.75) is 25.5 Å². The molecule has 0 saturated heterocycles. The number of fused-ring (bicyclic) bond motifs is 1. The van der Waals surface area contributed by atoms with Gasteiger partial charge in [-0.2, -0.15) is 5.10 Å². The SMILES string of the molecule is Nc1nc(CCC(O)c2ccccc2)cc(-c2c[nH]c3ncc(-c4cnn(CCO)c4)cc23)n1. The molecule has 0 spiro atoms. The lowest BCUT2D eigenvalue weighted by molar-refractivity contribution is 0.167. The standard InChI is InChI=1S/C25H25N7O2/c26-25-30-19(6-7-23(34)16-4-2-1-3-5-16)11-22(31-25)21-14-28-24-20(21)10-17(12-27-24)18-13-29-32(15-18)8-9-33/h1-5,10-15,23,33-34H,6-9H2,(H,27,28)(H2,26,30,31). The molecule has 0 aliphatic heterocycles. The number of nitrogens with zero attached hydrogens (tertiary/aromatic N) is 5. The van der Waals surface area contributed by atoms with Crippen LogP contribution < -0.4 is 5.73 Å². The Morgan fingerprint density at radius 2 is 1.91 bits per heavy atom. The van der Waals surface area contributed by atoms with Gasteiger partial charge in [-0.05, 0) is 30.5 Å². The van der Waals surface area contributed by atoms with Crippen LogP contribution in [0.15, 0.2) is 67.3 Å². The molecule has 5 rings (SSSR count). The van der Waals surface area contributed by atoms with Crippen LogP contribution in [0.2, 0.25) is 0 Å². The molecule has 1 unspecified atom stereocenters. The lowest BCUT2D eigenvalue weighted by Crippen LogP contribution is -2.04. The third-order valence-corrected chi connectivity index (χ3v) is 5.76. The third-order valence-electron chi connectivity index (χ3n) is 5.76. The number of H-pyrrole nitrogens is 1. The molecule has 0 bridgehead atoms. The van der Waals surface area contributed by atoms with Gasteiger partial charge in [-0.15, -0.1) is 0 Å². The number of aryl methyl sites for hydroxylation is 1. The molecule has 5 aromatic rings. The van der Waals surface area contributed by atoms with E-state index in [1.807, 2.05) is 54.9 Å². The number of rotatable bonds is 8. The number of aromatic nitrogens is 6. The molecule has 0 radical (unpaired) electrons. The molecule has 0 aliphatic carbocycles. The number of hydrogen-bond acceptors (Lipinski definition) is 7. The predicted octanol–water partition coefficient (Wildman–Crippen LogP) is 3.12. The van der Waals surface area contributed by atoms with Gasteiger partial charge in [0.25, 0.3) is 0 Å². The van der Waals surface area contributed by atoms with E-state index in [0.717, 1.165) is 39.0 Å². The smallest absolute Gasteiger partial charge is 0.220 e. The van der Waals surface area contributed by atoms with Gasteiger partial charge < -0.3 is 20.9 Å². The molecule has 1 aromatic carbocycles. The van der Waals surface area contributed by atoms with Crippen molar-refractivity contribution >= 4 is 17.0 Å². The van der Waals surface area contributed by atoms with Gasteiger partial charge in [0.05, 0.1) is 31.1 Å². The highest BCUT2D eigenvalue weighted by Crippen LogP contribution is 2.31. The summed E-state index contributed by atoms with van der Waals surface area (Å²) >= 11 is 0. The molecular weight excluding hydrogens is 430 g/mol. The maximum atomic E-state index is 10.5. The second-order valence-electron chi connectivity index (χ2n) is 8.11. The minimum Gasteiger partial charge on any atom is -0.394 e. The summed E-state index contributed by atoms with van der Waals surface area (Å²) in [7, 11) is 0. The maximum Gasteiger partial charge on any atom is 0.220 e. The van der Waals surface area contributed by atoms with Gasteiger partial charge in [0.2, 0.25) is 5.95 Å². The molecule has 9 nitrogen and oxygen atoms in total. The first-order chi connectivity index (χ1) is 16.6. The summed E-state index contributed by atoms with van der Waals surface area (Å²) < 4.78 is 1.69. The molecule has 4 heterocycles. The molecule has 0 amide bonds. The molecular formula is C25H25N7O2. The minimum atomic E-state index is -0.576. The largest absolute Gasteiger partial charge is 0.394 e. The Morgan fingerprint density at radius 3 is 2.74 bits per heavy atom. The van der Waals surface area contributed by atoms with Crippen LogP contribution in [0.25, 0.3) is 33.4 Å². The number of benzene rings is 1. The third kappa shape index (κ3) is 4.52. The molecule has 0 fully saturated rings. The molecule has 1 atom stereocenters. The summed E-state index contributed by atoms with van der Waals surface area (Å²) in [6.45, 7) is 0.466. The summed E-state index contributed by atoms with van der Waals surface area (Å²) in [5.74, 6) is 0.186. The predicted molar refractivity (Wildman–Crippen MR) is 130 cm³/mol. The van der Waals surface area contributed by atoms with Crippen molar-refractivity contribution in [1.29, 1.82) is 0 Å². The number of hydrogen-bond donors (Lipinski definition) is 4. The van der Waals surface area contributed by atoms with Crippen molar-refractivity contribution in [2.24, 2.45) is 0 Å². The van der Waals surface area contributed by atoms with Gasteiger partial charge in [-0.3, -0.25) is 4.68 Å². The van der Waals surface area contributed by atoms with Crippen molar-refractivity contribution in [3.05, 3.63) is 78.5 Å². The van der Waals surface area contributed by atoms with Crippen LogP contribution in [0.4, 0.5) is 5.95 Å². The molecule has 172 valence electrons. The normalized spacial score (nSPS) is 12.3. The van der Waals surface area contributed by atoms with Gasteiger partial charge in [-0.25, -0.2) is 15.0 Å². The lowest BCUT2D eigenvalue weighted by Gasteiger charge is -2.11. The average Bonchev–Trinajstić information content (AvgIpc) is 3.50. The number of aliphatic hydroxyl groups excluding tert-OH is 2. The number of nitrogens with two attached hydrogens (primary N) is 1. The maximum absolute atomic E-state index is 10.5. The quantitative estimate of drug-likeness (QED) is 0.282. The van der Waals surface area contributed by atoms with Crippen molar-refractivity contribution in [3.8, 4) is 22.4 Å². The highest BCUT2D eigenvalue weighted by atomic mass is 16.3. The van der Waals surface area contributed by atoms with Crippen molar-refractivity contribution in [2.75, 3.05) is 12.3 Å². The van der Waals surface area contributed by atoms with Crippen LogP contribution >= 0.6 is 0 Å². The van der Waals surface area contributed by atoms with E-state index < -0.39 is 6.10 Å². The van der Waals surface area contributed by atoms with E-state index in [4.69, 9.17) is 10.8 Å². The molecule has 9 heteroatoms. The topological polar surface area (TPSA) is 139 Å². The number of aliphatic hydroxyl groups is 2. The first-order valence-corrected chi connectivity index (χ1v) is 11.1. The fraction of sp³-hybridized carbons (Fsp3) is 0.200. The summed E-state index contributed by atoms with van der Waals surface area (Å²) in [5, 5.41) is 24.8. The molecule has 34 heavy (non-hydrogen) atoms. The number of aromatic amines is 1. The highest BCUT2D eigenvalue weighted by molar-refractivity contribution is 5.95. The van der Waals surface area contributed by atoms with Crippen molar-refractivity contribution in [3.63, 3.8) is 0 Å². The van der Waals surface area contributed by atoms with Gasteiger partial charge in [0, 0.05) is 46.4 Å². The van der Waals surface area contributed by atoms with E-state index in [1.54, 1.807) is 17.1 Å². The van der Waals surface area contributed by atoms with Gasteiger partial charge >= 0.3 is 0 Å². The van der Waals surface area contributed by atoms with E-state index in [2.05, 4.69) is 25.0 Å². The fourth-order valence-corrected chi connectivity index (χ4v) is 4.02. The molecule has 0 saturated carbocycles. The monoisotopic (exact) mass is 455 g/mol. The van der Waals surface area contributed by atoms with Crippen LogP contribution in [0.5, 0.6) is 0 Å². The Morgan fingerprint density at radius 1 is 1.06 bits per heavy atom. The first-order valence-electron chi connectivity index (χ1n) is 11.1. The van der Waals surface area contributed by atoms with E-state index >= 15 is 0 Å². The minimum absolute atomic E-state index is 0.0280. The van der Waals surface area contributed by atoms with E-state index in [0.29, 0.717) is 25.1 Å². The first kappa shape index (κ1) is 21.7. The zero-order valence-corrected chi connectivity index (χ0v) is 18.5. The number of pyridine rings is 1. The summed E-state index contributed by atoms with van der Waals surface area (Å²) in [6.07, 6.45) is 7.79. The van der Waals surface area contributed by atoms with Crippen LogP contribution in [-0.4, -0.2) is 46.5 Å². The number of nitrogens with one attached hydrogen (secondary N) is 1. The fourth-order valence-electron chi connectivity index (χ4n) is 4.02. The van der Waals surface area contributed by atoms with Crippen LogP contribution in [0.1, 0.15) is 23.8 Å². The lowest BCUT2D eigenvalue weighted by atomic mass is 10.0. The van der Waals surface area contributed by atoms with Gasteiger partial charge in [0.15, 0.2) is 0 Å². The van der Waals surface area contributed by atoms with Gasteiger partial charge in [-0.1, -0.05) is 30.3 Å². The number of anilines is 1. The van der Waals surface area contributed by atoms with Crippen molar-refractivity contribution in [1.82, 2.24) is 29.7 Å². The Bertz CT molecular complexity index is 1410. The average molecular weight is 456 g/mol. The second kappa shape index (κ2) is 9.42. The molecule has 4 aromatic heterocycles. The summed E-state index contributed by atoms with van der Waals surface area (Å²) in [5.41, 5.74) is 11.8. The number of nitrogen functional groups attached to an aromatic ring is 1. The van der Waals surface area contributed by atoms with Gasteiger partial charge in [0.1, 0.15) is 5.65 Å². The van der Waals surface area contributed by atoms with Crippen molar-refractivity contribution < 1.29 is 10.2 Å². The Labute approximate surface area is 196 Å². The zero-order chi connectivity index (χ0) is 23.5. The highest BCUT2D eigenvalue weighted by Gasteiger charge is 2.14. The Hall–Kier alpha value is -4.08. The second-order valence-corrected chi connectivity index (χ2v) is 8.11. The Kier molecular flexibility index (Phi) is 6.03. The summed E-state index contributed by atoms with van der Waals surface area (Å²) in [6, 6.07) is 13.5. The van der Waals surface area contributed by atoms with E-state index in [1.165, 1.54) is 0 Å². The van der Waals surface area contributed by atoms with E-state index in [9.17, 15) is 5.11 Å². The molecule has 0 aliphatic rings. The summed E-state index contributed by atoms with van der Waals surface area (Å²) in [4.78, 5) is 16.6. The zero-order valence-electron chi connectivity index (χ0n) is 18.5. The van der Waals surface area contributed by atoms with Crippen LogP contribution in [0.3, 0.4) is 0 Å². The Balaban J connectivity index is 1.43. The van der Waals surface area contributed by atoms with Crippen LogP contribution in [0, 0.1) is 0 Å². The van der Waals surface area contributed by atoms with Crippen LogP contribution in [-0.2, 0) is 13.0 Å². The molecule has 5 N–H and O–H groups in total. The van der Waals surface area contributed by atoms with E-state index in [-0.39, 0.29) is 12.6 Å².